The van der Waals surface area contributed by atoms with Gasteiger partial charge in [-0.15, -0.1) is 0 Å². The standard InChI is InChI=1S/C19H39O7P/c1-3-4-5-6-7-8-9-10-11-12-13-14-19(22)17(2)26-27(23,24)25-16-18(21)15-20/h17-18,20-21H,3-16H2,1-2H3,(H,23,24)/t17?,18-/m1/s1. The summed E-state index contributed by atoms with van der Waals surface area (Å²) in [6.45, 7) is 2.51. The highest BCUT2D eigenvalue weighted by atomic mass is 31.2. The van der Waals surface area contributed by atoms with Gasteiger partial charge in [-0.3, -0.25) is 13.8 Å². The summed E-state index contributed by atoms with van der Waals surface area (Å²) in [5, 5.41) is 17.7. The Balaban J connectivity index is 3.70. The molecule has 0 rings (SSSR count). The van der Waals surface area contributed by atoms with Crippen LogP contribution in [0.15, 0.2) is 0 Å². The van der Waals surface area contributed by atoms with Crippen LogP contribution >= 0.6 is 7.82 Å². The van der Waals surface area contributed by atoms with E-state index in [1.165, 1.54) is 58.3 Å². The van der Waals surface area contributed by atoms with Gasteiger partial charge in [0.05, 0.1) is 13.2 Å². The second-order valence-electron chi connectivity index (χ2n) is 7.10. The summed E-state index contributed by atoms with van der Waals surface area (Å²) >= 11 is 0. The minimum atomic E-state index is -4.43. The molecule has 0 aliphatic rings. The topological polar surface area (TPSA) is 113 Å². The molecule has 0 saturated heterocycles. The van der Waals surface area contributed by atoms with E-state index in [1.54, 1.807) is 0 Å². The molecule has 0 amide bonds. The third-order valence-corrected chi connectivity index (χ3v) is 5.47. The summed E-state index contributed by atoms with van der Waals surface area (Å²) in [6.07, 6.45) is 11.1. The molecule has 0 saturated carbocycles. The summed E-state index contributed by atoms with van der Waals surface area (Å²) in [4.78, 5) is 21.5. The predicted molar refractivity (Wildman–Crippen MR) is 106 cm³/mol. The van der Waals surface area contributed by atoms with Crippen LogP contribution in [0.3, 0.4) is 0 Å². The van der Waals surface area contributed by atoms with E-state index in [4.69, 9.17) is 14.7 Å². The van der Waals surface area contributed by atoms with Gasteiger partial charge in [0, 0.05) is 6.42 Å². The minimum absolute atomic E-state index is 0.244. The number of phosphoric ester groups is 1. The smallest absolute Gasteiger partial charge is 0.394 e. The Labute approximate surface area is 164 Å². The van der Waals surface area contributed by atoms with Crippen molar-refractivity contribution in [3.63, 3.8) is 0 Å². The molecule has 0 bridgehead atoms. The normalized spacial score (nSPS) is 16.0. The molecular formula is C19H39O7P. The van der Waals surface area contributed by atoms with Gasteiger partial charge in [0.2, 0.25) is 0 Å². The molecule has 0 heterocycles. The SMILES string of the molecule is CCCCCCCCCCCCCC(=O)C(C)OP(=O)(O)OC[C@H](O)CO. The fraction of sp³-hybridized carbons (Fsp3) is 0.947. The third-order valence-electron chi connectivity index (χ3n) is 4.41. The first-order valence-electron chi connectivity index (χ1n) is 10.3. The van der Waals surface area contributed by atoms with Crippen molar-refractivity contribution in [2.45, 2.75) is 103 Å². The van der Waals surface area contributed by atoms with E-state index < -0.39 is 33.2 Å². The van der Waals surface area contributed by atoms with Gasteiger partial charge in [-0.1, -0.05) is 71.1 Å². The molecule has 0 aliphatic heterocycles. The molecule has 0 aromatic heterocycles. The number of hydrogen-bond acceptors (Lipinski definition) is 6. The van der Waals surface area contributed by atoms with Gasteiger partial charge in [-0.05, 0) is 13.3 Å². The average Bonchev–Trinajstić information content (AvgIpc) is 2.63. The van der Waals surface area contributed by atoms with Crippen molar-refractivity contribution in [3.05, 3.63) is 0 Å². The van der Waals surface area contributed by atoms with Crippen LogP contribution in [0.25, 0.3) is 0 Å². The van der Waals surface area contributed by atoms with Gasteiger partial charge in [-0.2, -0.15) is 0 Å². The molecule has 0 spiro atoms. The number of carbonyl (C=O) groups excluding carboxylic acids is 1. The quantitative estimate of drug-likeness (QED) is 0.217. The first kappa shape index (κ1) is 26.7. The summed E-state index contributed by atoms with van der Waals surface area (Å²) in [6, 6.07) is 0. The maximum atomic E-state index is 12.0. The van der Waals surface area contributed by atoms with Crippen LogP contribution in [0.5, 0.6) is 0 Å². The van der Waals surface area contributed by atoms with E-state index in [1.807, 2.05) is 0 Å². The predicted octanol–water partition coefficient (Wildman–Crippen LogP) is 4.13. The van der Waals surface area contributed by atoms with Crippen molar-refractivity contribution in [1.82, 2.24) is 0 Å². The number of phosphoric acid groups is 1. The third kappa shape index (κ3) is 16.4. The zero-order chi connectivity index (χ0) is 20.5. The van der Waals surface area contributed by atoms with Gasteiger partial charge < -0.3 is 15.1 Å². The highest BCUT2D eigenvalue weighted by Crippen LogP contribution is 2.44. The Bertz CT molecular complexity index is 417. The number of carbonyl (C=O) groups is 1. The lowest BCUT2D eigenvalue weighted by molar-refractivity contribution is -0.126. The zero-order valence-corrected chi connectivity index (χ0v) is 17.9. The number of ketones is 1. The van der Waals surface area contributed by atoms with Crippen molar-refractivity contribution in [2.75, 3.05) is 13.2 Å². The lowest BCUT2D eigenvalue weighted by Crippen LogP contribution is -2.22. The summed E-state index contributed by atoms with van der Waals surface area (Å²) in [5.41, 5.74) is 0. The van der Waals surface area contributed by atoms with Crippen LogP contribution in [0.1, 0.15) is 90.9 Å². The van der Waals surface area contributed by atoms with E-state index >= 15 is 0 Å². The Morgan fingerprint density at radius 2 is 1.44 bits per heavy atom. The summed E-state index contributed by atoms with van der Waals surface area (Å²) in [7, 11) is -4.43. The van der Waals surface area contributed by atoms with Crippen molar-refractivity contribution >= 4 is 13.6 Å². The Morgan fingerprint density at radius 3 is 1.93 bits per heavy atom. The molecule has 0 aromatic carbocycles. The number of Topliss-reactive ketones (excluding diaryl/α,β-unsaturated/α-hetero) is 1. The fourth-order valence-electron chi connectivity index (χ4n) is 2.69. The number of aliphatic hydroxyl groups is 2. The minimum Gasteiger partial charge on any atom is -0.394 e. The van der Waals surface area contributed by atoms with E-state index in [0.717, 1.165) is 19.3 Å². The highest BCUT2D eigenvalue weighted by Gasteiger charge is 2.28. The molecule has 0 aliphatic carbocycles. The van der Waals surface area contributed by atoms with Crippen molar-refractivity contribution in [2.24, 2.45) is 0 Å². The molecule has 0 aromatic rings. The molecule has 0 fully saturated rings. The van der Waals surface area contributed by atoms with Crippen molar-refractivity contribution in [3.8, 4) is 0 Å². The van der Waals surface area contributed by atoms with E-state index in [9.17, 15) is 14.3 Å². The largest absolute Gasteiger partial charge is 0.472 e. The lowest BCUT2D eigenvalue weighted by atomic mass is 10.0. The van der Waals surface area contributed by atoms with Crippen LogP contribution in [0, 0.1) is 0 Å². The maximum Gasteiger partial charge on any atom is 0.472 e. The van der Waals surface area contributed by atoms with Crippen LogP contribution in [-0.2, 0) is 18.4 Å². The van der Waals surface area contributed by atoms with Gasteiger partial charge >= 0.3 is 7.82 Å². The molecule has 7 nitrogen and oxygen atoms in total. The Kier molecular flexibility index (Phi) is 16.5. The van der Waals surface area contributed by atoms with Gasteiger partial charge in [0.1, 0.15) is 12.2 Å². The molecule has 8 heteroatoms. The molecule has 3 atom stereocenters. The van der Waals surface area contributed by atoms with Gasteiger partial charge in [-0.25, -0.2) is 4.57 Å². The van der Waals surface area contributed by atoms with E-state index in [2.05, 4.69) is 11.4 Å². The van der Waals surface area contributed by atoms with Crippen LogP contribution in [0.4, 0.5) is 0 Å². The Hall–Kier alpha value is -0.300. The average molecular weight is 410 g/mol. The second-order valence-corrected chi connectivity index (χ2v) is 8.51. The van der Waals surface area contributed by atoms with Crippen molar-refractivity contribution in [1.29, 1.82) is 0 Å². The number of aliphatic hydroxyl groups excluding tert-OH is 2. The molecule has 3 N–H and O–H groups in total. The van der Waals surface area contributed by atoms with E-state index in [0.29, 0.717) is 6.42 Å². The van der Waals surface area contributed by atoms with Gasteiger partial charge in [0.25, 0.3) is 0 Å². The second kappa shape index (κ2) is 16.6. The van der Waals surface area contributed by atoms with E-state index in [-0.39, 0.29) is 5.78 Å². The lowest BCUT2D eigenvalue weighted by Gasteiger charge is -2.17. The van der Waals surface area contributed by atoms with Gasteiger partial charge in [0.15, 0.2) is 5.78 Å². The first-order chi connectivity index (χ1) is 12.8. The number of hydrogen-bond donors (Lipinski definition) is 3. The van der Waals surface area contributed by atoms with Crippen molar-refractivity contribution < 1.29 is 33.5 Å². The molecular weight excluding hydrogens is 371 g/mol. The Morgan fingerprint density at radius 1 is 0.963 bits per heavy atom. The maximum absolute atomic E-state index is 12.0. The zero-order valence-electron chi connectivity index (χ0n) is 17.0. The summed E-state index contributed by atoms with van der Waals surface area (Å²) < 4.78 is 21.0. The summed E-state index contributed by atoms with van der Waals surface area (Å²) in [5.74, 6) is -0.244. The molecule has 2 unspecified atom stereocenters. The molecule has 0 radical (unpaired) electrons. The van der Waals surface area contributed by atoms with Crippen LogP contribution in [-0.4, -0.2) is 46.3 Å². The molecule has 162 valence electrons. The highest BCUT2D eigenvalue weighted by molar-refractivity contribution is 7.47. The number of unbranched alkanes of at least 4 members (excludes halogenated alkanes) is 10. The monoisotopic (exact) mass is 410 g/mol. The molecule has 27 heavy (non-hydrogen) atoms. The van der Waals surface area contributed by atoms with Crippen LogP contribution < -0.4 is 0 Å². The number of rotatable bonds is 19. The first-order valence-corrected chi connectivity index (χ1v) is 11.8. The van der Waals surface area contributed by atoms with Crippen LogP contribution in [0.2, 0.25) is 0 Å². The fourth-order valence-corrected chi connectivity index (χ4v) is 3.63.